The lowest BCUT2D eigenvalue weighted by Crippen LogP contribution is -2.21. The smallest absolute Gasteiger partial charge is 0.264 e. The number of benzene rings is 1. The molecule has 1 saturated heterocycles. The summed E-state index contributed by atoms with van der Waals surface area (Å²) in [6.07, 6.45) is 8.20. The summed E-state index contributed by atoms with van der Waals surface area (Å²) >= 11 is 12.8. The first-order valence-electron chi connectivity index (χ1n) is 10.1. The first-order chi connectivity index (χ1) is 14.7. The van der Waals surface area contributed by atoms with E-state index in [1.54, 1.807) is 6.07 Å². The van der Waals surface area contributed by atoms with E-state index in [4.69, 9.17) is 32.4 Å². The van der Waals surface area contributed by atoms with Gasteiger partial charge in [0, 0.05) is 35.2 Å². The maximum atomic E-state index is 6.51. The van der Waals surface area contributed by atoms with Gasteiger partial charge in [0.1, 0.15) is 5.69 Å². The number of nitrogens with zero attached hydrogens (tertiary/aromatic N) is 4. The summed E-state index contributed by atoms with van der Waals surface area (Å²) in [5.74, 6) is 1.52. The molecular weight excluding hydrogens is 425 g/mol. The number of hydrogen-bond acceptors (Lipinski definition) is 5. The lowest BCUT2D eigenvalue weighted by Gasteiger charge is -2.22. The minimum atomic E-state index is 0.240. The van der Waals surface area contributed by atoms with Crippen molar-refractivity contribution in [2.24, 2.45) is 0 Å². The van der Waals surface area contributed by atoms with Gasteiger partial charge in [-0.15, -0.1) is 10.2 Å². The zero-order valence-corrected chi connectivity index (χ0v) is 17.6. The molecule has 0 amide bonds. The molecule has 9 heteroatoms. The lowest BCUT2D eigenvalue weighted by atomic mass is 10.0. The highest BCUT2D eigenvalue weighted by Crippen LogP contribution is 2.44. The fourth-order valence-electron chi connectivity index (χ4n) is 4.09. The van der Waals surface area contributed by atoms with E-state index < -0.39 is 0 Å². The van der Waals surface area contributed by atoms with Crippen molar-refractivity contribution < 1.29 is 9.15 Å². The third-order valence-electron chi connectivity index (χ3n) is 5.85. The van der Waals surface area contributed by atoms with Gasteiger partial charge in [0.05, 0.1) is 34.4 Å². The topological polar surface area (TPSA) is 81.8 Å². The van der Waals surface area contributed by atoms with Gasteiger partial charge in [0.2, 0.25) is 5.89 Å². The van der Waals surface area contributed by atoms with E-state index in [1.165, 1.54) is 0 Å². The van der Waals surface area contributed by atoms with Crippen LogP contribution in [0.5, 0.6) is 0 Å². The van der Waals surface area contributed by atoms with Crippen molar-refractivity contribution >= 4 is 34.1 Å². The molecule has 1 aromatic carbocycles. The van der Waals surface area contributed by atoms with Gasteiger partial charge in [-0.25, -0.2) is 0 Å². The molecule has 0 radical (unpaired) electrons. The molecule has 0 spiro atoms. The molecule has 3 aromatic heterocycles. The van der Waals surface area contributed by atoms with Crippen LogP contribution >= 0.6 is 23.2 Å². The van der Waals surface area contributed by atoms with Crippen molar-refractivity contribution in [1.82, 2.24) is 25.0 Å². The van der Waals surface area contributed by atoms with E-state index in [0.29, 0.717) is 34.4 Å². The van der Waals surface area contributed by atoms with Crippen LogP contribution in [0.4, 0.5) is 0 Å². The Hall–Kier alpha value is -2.35. The van der Waals surface area contributed by atoms with Crippen LogP contribution in [0.15, 0.2) is 28.9 Å². The fourth-order valence-corrected chi connectivity index (χ4v) is 4.46. The third kappa shape index (κ3) is 3.04. The van der Waals surface area contributed by atoms with E-state index >= 15 is 0 Å². The van der Waals surface area contributed by atoms with Gasteiger partial charge in [0.25, 0.3) is 5.89 Å². The Labute approximate surface area is 182 Å². The number of hydrogen-bond donors (Lipinski definition) is 1. The van der Waals surface area contributed by atoms with Gasteiger partial charge in [-0.2, -0.15) is 5.10 Å². The van der Waals surface area contributed by atoms with E-state index in [2.05, 4.69) is 20.3 Å². The zero-order valence-electron chi connectivity index (χ0n) is 16.1. The minimum absolute atomic E-state index is 0.240. The van der Waals surface area contributed by atoms with Crippen LogP contribution in [0.25, 0.3) is 33.6 Å². The van der Waals surface area contributed by atoms with Gasteiger partial charge in [-0.1, -0.05) is 29.3 Å². The van der Waals surface area contributed by atoms with E-state index in [-0.39, 0.29) is 6.04 Å². The number of aromatic amines is 1. The standard InChI is InChI=1S/C21H19Cl2N5O2/c22-15-6-5-14-16(12-8-24-28(9-12)13-2-1-7-29-10-13)19(25-18(14)17(15)23)21-27-26-20(30-21)11-3-4-11/h5-6,8-9,11,13,25H,1-4,7,10H2. The quantitative estimate of drug-likeness (QED) is 0.442. The van der Waals surface area contributed by atoms with Gasteiger partial charge >= 0.3 is 0 Å². The van der Waals surface area contributed by atoms with Crippen LogP contribution in [0.3, 0.4) is 0 Å². The van der Waals surface area contributed by atoms with Crippen LogP contribution in [0, 0.1) is 0 Å². The van der Waals surface area contributed by atoms with Crippen LogP contribution in [-0.2, 0) is 4.74 Å². The Balaban J connectivity index is 1.51. The molecule has 4 heterocycles. The third-order valence-corrected chi connectivity index (χ3v) is 6.65. The molecular formula is C21H19Cl2N5O2. The molecule has 1 N–H and O–H groups in total. The zero-order chi connectivity index (χ0) is 20.2. The Morgan fingerprint density at radius 3 is 2.83 bits per heavy atom. The predicted octanol–water partition coefficient (Wildman–Crippen LogP) is 5.62. The molecule has 1 unspecified atom stereocenters. The van der Waals surface area contributed by atoms with Crippen molar-refractivity contribution in [3.05, 3.63) is 40.5 Å². The second kappa shape index (κ2) is 7.11. The second-order valence-electron chi connectivity index (χ2n) is 7.96. The average Bonchev–Trinajstić information content (AvgIpc) is 3.18. The molecule has 1 aliphatic carbocycles. The largest absolute Gasteiger partial charge is 0.419 e. The SMILES string of the molecule is Clc1ccc2c(-c3cnn(C4CCCOC4)c3)c(-c3nnc(C4CC4)o3)[nH]c2c1Cl. The molecule has 154 valence electrons. The number of ether oxygens (including phenoxy) is 1. The Morgan fingerprint density at radius 2 is 2.03 bits per heavy atom. The molecule has 1 atom stereocenters. The summed E-state index contributed by atoms with van der Waals surface area (Å²) in [7, 11) is 0. The number of fused-ring (bicyclic) bond motifs is 1. The number of halogens is 2. The molecule has 7 nitrogen and oxygen atoms in total. The van der Waals surface area contributed by atoms with Crippen molar-refractivity contribution in [1.29, 1.82) is 0 Å². The lowest BCUT2D eigenvalue weighted by molar-refractivity contribution is 0.0549. The molecule has 1 aliphatic heterocycles. The summed E-state index contributed by atoms with van der Waals surface area (Å²) in [4.78, 5) is 3.38. The number of nitrogens with one attached hydrogen (secondary N) is 1. The highest BCUT2D eigenvalue weighted by Gasteiger charge is 2.31. The summed E-state index contributed by atoms with van der Waals surface area (Å²) in [5.41, 5.74) is 3.35. The number of aromatic nitrogens is 5. The number of H-pyrrole nitrogens is 1. The van der Waals surface area contributed by atoms with Gasteiger partial charge < -0.3 is 14.1 Å². The average molecular weight is 444 g/mol. The second-order valence-corrected chi connectivity index (χ2v) is 8.74. The molecule has 0 bridgehead atoms. The van der Waals surface area contributed by atoms with Gasteiger partial charge in [0.15, 0.2) is 0 Å². The minimum Gasteiger partial charge on any atom is -0.419 e. The van der Waals surface area contributed by atoms with E-state index in [1.807, 2.05) is 23.1 Å². The van der Waals surface area contributed by atoms with Crippen molar-refractivity contribution in [3.63, 3.8) is 0 Å². The van der Waals surface area contributed by atoms with Crippen molar-refractivity contribution in [2.45, 2.75) is 37.6 Å². The Bertz CT molecular complexity index is 1230. The molecule has 6 rings (SSSR count). The predicted molar refractivity (Wildman–Crippen MR) is 114 cm³/mol. The molecule has 4 aromatic rings. The first-order valence-corrected chi connectivity index (χ1v) is 10.9. The van der Waals surface area contributed by atoms with Crippen LogP contribution in [0.1, 0.15) is 43.5 Å². The van der Waals surface area contributed by atoms with E-state index in [0.717, 1.165) is 60.0 Å². The summed E-state index contributed by atoms with van der Waals surface area (Å²) in [6, 6.07) is 4.00. The first kappa shape index (κ1) is 18.4. The summed E-state index contributed by atoms with van der Waals surface area (Å²) < 4.78 is 13.6. The van der Waals surface area contributed by atoms with Gasteiger partial charge in [-0.05, 0) is 31.7 Å². The molecule has 30 heavy (non-hydrogen) atoms. The Kier molecular flexibility index (Phi) is 4.37. The van der Waals surface area contributed by atoms with Crippen LogP contribution in [-0.4, -0.2) is 38.2 Å². The fraction of sp³-hybridized carbons (Fsp3) is 0.381. The summed E-state index contributed by atoms with van der Waals surface area (Å²) in [5, 5.41) is 15.1. The van der Waals surface area contributed by atoms with Crippen molar-refractivity contribution in [3.8, 4) is 22.7 Å². The molecule has 2 fully saturated rings. The van der Waals surface area contributed by atoms with Crippen molar-refractivity contribution in [2.75, 3.05) is 13.2 Å². The maximum Gasteiger partial charge on any atom is 0.264 e. The number of rotatable bonds is 4. The van der Waals surface area contributed by atoms with Crippen LogP contribution < -0.4 is 0 Å². The highest BCUT2D eigenvalue weighted by molar-refractivity contribution is 6.45. The molecule has 1 saturated carbocycles. The van der Waals surface area contributed by atoms with Gasteiger partial charge in [-0.3, -0.25) is 4.68 Å². The van der Waals surface area contributed by atoms with E-state index in [9.17, 15) is 0 Å². The Morgan fingerprint density at radius 1 is 1.13 bits per heavy atom. The monoisotopic (exact) mass is 443 g/mol. The maximum absolute atomic E-state index is 6.51. The summed E-state index contributed by atoms with van der Waals surface area (Å²) in [6.45, 7) is 1.49. The van der Waals surface area contributed by atoms with Crippen LogP contribution in [0.2, 0.25) is 10.0 Å². The highest BCUT2D eigenvalue weighted by atomic mass is 35.5. The normalized spacial score (nSPS) is 19.6. The molecule has 2 aliphatic rings.